The Bertz CT molecular complexity index is 1650. The van der Waals surface area contributed by atoms with E-state index in [-0.39, 0.29) is 45.4 Å². The molecule has 0 amide bonds. The Morgan fingerprint density at radius 2 is 1.92 bits per heavy atom. The second kappa shape index (κ2) is 10.4. The molecule has 192 valence electrons. The molecule has 1 atom stereocenters. The normalized spacial score (nSPS) is 15.2. The number of fused-ring (bicyclic) bond motifs is 1. The average molecular weight is 533 g/mol. The first-order chi connectivity index (χ1) is 18.3. The van der Waals surface area contributed by atoms with Gasteiger partial charge in [-0.2, -0.15) is 5.26 Å². The lowest BCUT2D eigenvalue weighted by Gasteiger charge is -2.14. The minimum Gasteiger partial charge on any atom is -0.481 e. The van der Waals surface area contributed by atoms with Crippen molar-refractivity contribution >= 4 is 38.1 Å². The maximum Gasteiger partial charge on any atom is 0.311 e. The second-order valence-electron chi connectivity index (χ2n) is 8.47. The predicted molar refractivity (Wildman–Crippen MR) is 136 cm³/mol. The highest BCUT2D eigenvalue weighted by molar-refractivity contribution is 7.90. The van der Waals surface area contributed by atoms with Crippen LogP contribution in [0.4, 0.5) is 17.3 Å². The number of ether oxygens (including phenoxy) is 2. The van der Waals surface area contributed by atoms with Crippen molar-refractivity contribution in [3.05, 3.63) is 82.3 Å². The molecule has 1 aliphatic rings. The SMILES string of the molecule is N#Cc1cnc2cc(OC3CCOC3)c([N+](=O)[O-])cc2c1Nc1ncc(CS(=O)(=O)c2ccccc2)cn1. The van der Waals surface area contributed by atoms with E-state index < -0.39 is 14.8 Å². The summed E-state index contributed by atoms with van der Waals surface area (Å²) in [6.07, 6.45) is 4.37. The van der Waals surface area contributed by atoms with Crippen LogP contribution < -0.4 is 10.1 Å². The van der Waals surface area contributed by atoms with E-state index in [0.717, 1.165) is 0 Å². The molecule has 12 nitrogen and oxygen atoms in total. The van der Waals surface area contributed by atoms with Crippen LogP contribution in [0.15, 0.2) is 66.0 Å². The molecule has 2 aromatic heterocycles. The number of pyridine rings is 1. The number of nitro benzene ring substituents is 1. The van der Waals surface area contributed by atoms with Crippen molar-refractivity contribution in [3.8, 4) is 11.8 Å². The summed E-state index contributed by atoms with van der Waals surface area (Å²) in [4.78, 5) is 24.1. The highest BCUT2D eigenvalue weighted by atomic mass is 32.2. The first-order valence-corrected chi connectivity index (χ1v) is 13.1. The molecule has 3 heterocycles. The number of nitrogens with zero attached hydrogens (tertiary/aromatic N) is 5. The largest absolute Gasteiger partial charge is 0.481 e. The molecule has 5 rings (SSSR count). The number of nitro groups is 1. The molecule has 0 bridgehead atoms. The van der Waals surface area contributed by atoms with Crippen molar-refractivity contribution in [3.63, 3.8) is 0 Å². The van der Waals surface area contributed by atoms with Crippen LogP contribution in [0.1, 0.15) is 17.5 Å². The van der Waals surface area contributed by atoms with Crippen molar-refractivity contribution in [1.29, 1.82) is 5.26 Å². The van der Waals surface area contributed by atoms with Crippen LogP contribution in [0.2, 0.25) is 0 Å². The average Bonchev–Trinajstić information content (AvgIpc) is 3.43. The Labute approximate surface area is 217 Å². The molecular weight excluding hydrogens is 512 g/mol. The van der Waals surface area contributed by atoms with Crippen molar-refractivity contribution < 1.29 is 22.8 Å². The molecule has 13 heteroatoms. The number of anilines is 2. The molecule has 1 saturated heterocycles. The van der Waals surface area contributed by atoms with Gasteiger partial charge in [-0.3, -0.25) is 15.1 Å². The van der Waals surface area contributed by atoms with E-state index in [1.807, 2.05) is 6.07 Å². The molecule has 4 aromatic rings. The Morgan fingerprint density at radius 3 is 2.58 bits per heavy atom. The fraction of sp³-hybridized carbons (Fsp3) is 0.200. The third-order valence-corrected chi connectivity index (χ3v) is 7.55. The van der Waals surface area contributed by atoms with Gasteiger partial charge < -0.3 is 14.8 Å². The number of hydrogen-bond acceptors (Lipinski definition) is 11. The van der Waals surface area contributed by atoms with Crippen molar-refractivity contribution in [1.82, 2.24) is 15.0 Å². The lowest BCUT2D eigenvalue weighted by atomic mass is 10.1. The van der Waals surface area contributed by atoms with Crippen LogP contribution in [0.3, 0.4) is 0 Å². The van der Waals surface area contributed by atoms with E-state index in [1.54, 1.807) is 18.2 Å². The third-order valence-electron chi connectivity index (χ3n) is 5.85. The molecule has 1 fully saturated rings. The zero-order valence-electron chi connectivity index (χ0n) is 19.8. The number of sulfone groups is 1. The lowest BCUT2D eigenvalue weighted by Crippen LogP contribution is -2.16. The zero-order valence-corrected chi connectivity index (χ0v) is 20.6. The smallest absolute Gasteiger partial charge is 0.311 e. The van der Waals surface area contributed by atoms with Crippen molar-refractivity contribution in [2.45, 2.75) is 23.2 Å². The summed E-state index contributed by atoms with van der Waals surface area (Å²) in [6, 6.07) is 12.8. The van der Waals surface area contributed by atoms with E-state index in [0.29, 0.717) is 36.1 Å². The van der Waals surface area contributed by atoms with Gasteiger partial charge in [0.25, 0.3) is 0 Å². The number of rotatable bonds is 8. The monoisotopic (exact) mass is 532 g/mol. The quantitative estimate of drug-likeness (QED) is 0.259. The zero-order chi connectivity index (χ0) is 26.7. The summed E-state index contributed by atoms with van der Waals surface area (Å²) in [6.45, 7) is 0.851. The minimum absolute atomic E-state index is 0.0568. The molecule has 1 unspecified atom stereocenters. The van der Waals surface area contributed by atoms with Gasteiger partial charge in [0.05, 0.1) is 45.6 Å². The number of hydrogen-bond donors (Lipinski definition) is 1. The Hall–Kier alpha value is -4.67. The first kappa shape index (κ1) is 25.0. The van der Waals surface area contributed by atoms with E-state index >= 15 is 0 Å². The molecule has 1 N–H and O–H groups in total. The topological polar surface area (TPSA) is 170 Å². The standard InChI is InChI=1S/C25H20N6O6S/c26-10-17-13-27-21-9-23(37-18-6-7-36-14-18)22(31(32)33)8-20(21)24(17)30-25-28-11-16(12-29-25)15-38(34,35)19-4-2-1-3-5-19/h1-5,8-9,11-13,18H,6-7,14-15H2,(H,27,28,29,30). The van der Waals surface area contributed by atoms with Gasteiger partial charge in [0.1, 0.15) is 12.2 Å². The minimum atomic E-state index is -3.59. The number of nitriles is 1. The molecule has 1 aliphatic heterocycles. The summed E-state index contributed by atoms with van der Waals surface area (Å²) in [7, 11) is -3.59. The van der Waals surface area contributed by atoms with Gasteiger partial charge >= 0.3 is 5.69 Å². The van der Waals surface area contributed by atoms with Gasteiger partial charge in [0.2, 0.25) is 5.95 Å². The molecule has 0 aliphatic carbocycles. The van der Waals surface area contributed by atoms with E-state index in [9.17, 15) is 23.8 Å². The van der Waals surface area contributed by atoms with Crippen LogP contribution in [0, 0.1) is 21.4 Å². The van der Waals surface area contributed by atoms with Gasteiger partial charge in [0, 0.05) is 48.1 Å². The molecule has 2 aromatic carbocycles. The summed E-state index contributed by atoms with van der Waals surface area (Å²) in [5.74, 6) is -0.165. The molecule has 0 saturated carbocycles. The van der Waals surface area contributed by atoms with E-state index in [2.05, 4.69) is 20.3 Å². The van der Waals surface area contributed by atoms with Gasteiger partial charge in [-0.25, -0.2) is 18.4 Å². The molecule has 0 spiro atoms. The third kappa shape index (κ3) is 5.22. The number of benzene rings is 2. The summed E-state index contributed by atoms with van der Waals surface area (Å²) in [5, 5.41) is 24.7. The van der Waals surface area contributed by atoms with E-state index in [4.69, 9.17) is 9.47 Å². The van der Waals surface area contributed by atoms with Gasteiger partial charge in [-0.05, 0) is 12.1 Å². The van der Waals surface area contributed by atoms with Crippen LogP contribution in [0.25, 0.3) is 10.9 Å². The Kier molecular flexibility index (Phi) is 6.82. The second-order valence-corrected chi connectivity index (χ2v) is 10.5. The maximum atomic E-state index is 12.6. The maximum absolute atomic E-state index is 12.6. The van der Waals surface area contributed by atoms with Crippen LogP contribution in [-0.4, -0.2) is 47.6 Å². The van der Waals surface area contributed by atoms with Gasteiger partial charge in [-0.1, -0.05) is 18.2 Å². The highest BCUT2D eigenvalue weighted by Crippen LogP contribution is 2.37. The fourth-order valence-corrected chi connectivity index (χ4v) is 5.31. The summed E-state index contributed by atoms with van der Waals surface area (Å²) < 4.78 is 36.4. The lowest BCUT2D eigenvalue weighted by molar-refractivity contribution is -0.385. The fourth-order valence-electron chi connectivity index (χ4n) is 3.99. The Morgan fingerprint density at radius 1 is 1.16 bits per heavy atom. The first-order valence-electron chi connectivity index (χ1n) is 11.5. The van der Waals surface area contributed by atoms with Crippen molar-refractivity contribution in [2.24, 2.45) is 0 Å². The highest BCUT2D eigenvalue weighted by Gasteiger charge is 2.25. The Balaban J connectivity index is 1.46. The molecule has 38 heavy (non-hydrogen) atoms. The van der Waals surface area contributed by atoms with Crippen LogP contribution >= 0.6 is 0 Å². The molecule has 0 radical (unpaired) electrons. The van der Waals surface area contributed by atoms with Crippen LogP contribution in [-0.2, 0) is 20.3 Å². The number of nitrogens with one attached hydrogen (secondary N) is 1. The van der Waals surface area contributed by atoms with Crippen molar-refractivity contribution in [2.75, 3.05) is 18.5 Å². The molecular formula is C25H20N6O6S. The van der Waals surface area contributed by atoms with Gasteiger partial charge in [0.15, 0.2) is 15.6 Å². The number of aromatic nitrogens is 3. The summed E-state index contributed by atoms with van der Waals surface area (Å²) >= 11 is 0. The van der Waals surface area contributed by atoms with E-state index in [1.165, 1.54) is 42.9 Å². The summed E-state index contributed by atoms with van der Waals surface area (Å²) in [5.41, 5.74) is 0.779. The van der Waals surface area contributed by atoms with Crippen LogP contribution in [0.5, 0.6) is 5.75 Å². The predicted octanol–water partition coefficient (Wildman–Crippen LogP) is 3.69. The van der Waals surface area contributed by atoms with Gasteiger partial charge in [-0.15, -0.1) is 0 Å².